The summed E-state index contributed by atoms with van der Waals surface area (Å²) in [5, 5.41) is 10.5. The lowest BCUT2D eigenvalue weighted by atomic mass is 9.92. The second-order valence-electron chi connectivity index (χ2n) is 4.28. The zero-order valence-electron chi connectivity index (χ0n) is 10.9. The summed E-state index contributed by atoms with van der Waals surface area (Å²) in [5.74, 6) is 0.405. The van der Waals surface area contributed by atoms with Crippen LogP contribution in [0.3, 0.4) is 0 Å². The van der Waals surface area contributed by atoms with Crippen molar-refractivity contribution >= 4 is 0 Å². The Hall–Kier alpha value is -1.91. The van der Waals surface area contributed by atoms with Crippen molar-refractivity contribution in [3.05, 3.63) is 59.9 Å². The minimum absolute atomic E-state index is 0.252. The SMILES string of the molecule is COc1ccccc1C(O)C(CN)c1ccccn1. The monoisotopic (exact) mass is 258 g/mol. The molecular weight excluding hydrogens is 240 g/mol. The van der Waals surface area contributed by atoms with Gasteiger partial charge >= 0.3 is 0 Å². The van der Waals surface area contributed by atoms with Crippen LogP contribution >= 0.6 is 0 Å². The van der Waals surface area contributed by atoms with Crippen LogP contribution in [0.15, 0.2) is 48.7 Å². The third-order valence-corrected chi connectivity index (χ3v) is 3.16. The van der Waals surface area contributed by atoms with Crippen LogP contribution in [0, 0.1) is 0 Å². The van der Waals surface area contributed by atoms with Gasteiger partial charge in [0.25, 0.3) is 0 Å². The number of nitrogens with zero attached hydrogens (tertiary/aromatic N) is 1. The van der Waals surface area contributed by atoms with E-state index in [0.717, 1.165) is 11.3 Å². The maximum absolute atomic E-state index is 10.5. The van der Waals surface area contributed by atoms with Crippen LogP contribution in [0.1, 0.15) is 23.3 Å². The van der Waals surface area contributed by atoms with Gasteiger partial charge in [0, 0.05) is 29.9 Å². The van der Waals surface area contributed by atoms with Gasteiger partial charge in [-0.3, -0.25) is 4.98 Å². The molecule has 0 amide bonds. The maximum Gasteiger partial charge on any atom is 0.124 e. The Morgan fingerprint density at radius 1 is 1.21 bits per heavy atom. The molecular formula is C15H18N2O2. The second-order valence-corrected chi connectivity index (χ2v) is 4.28. The lowest BCUT2D eigenvalue weighted by Gasteiger charge is -2.22. The van der Waals surface area contributed by atoms with Crippen molar-refractivity contribution in [2.75, 3.05) is 13.7 Å². The fourth-order valence-electron chi connectivity index (χ4n) is 2.13. The van der Waals surface area contributed by atoms with E-state index in [9.17, 15) is 5.11 Å². The van der Waals surface area contributed by atoms with Crippen molar-refractivity contribution in [3.8, 4) is 5.75 Å². The predicted molar refractivity (Wildman–Crippen MR) is 74.0 cm³/mol. The Kier molecular flexibility index (Phi) is 4.49. The molecule has 0 radical (unpaired) electrons. The molecule has 3 N–H and O–H groups in total. The van der Waals surface area contributed by atoms with Gasteiger partial charge in [0.1, 0.15) is 5.75 Å². The van der Waals surface area contributed by atoms with Gasteiger partial charge in [-0.2, -0.15) is 0 Å². The lowest BCUT2D eigenvalue weighted by molar-refractivity contribution is 0.142. The summed E-state index contributed by atoms with van der Waals surface area (Å²) in [6.07, 6.45) is 0.962. The van der Waals surface area contributed by atoms with E-state index in [4.69, 9.17) is 10.5 Å². The highest BCUT2D eigenvalue weighted by Crippen LogP contribution is 2.34. The smallest absolute Gasteiger partial charge is 0.124 e. The molecule has 1 aromatic heterocycles. The number of hydrogen-bond donors (Lipinski definition) is 2. The molecule has 0 saturated carbocycles. The molecule has 4 nitrogen and oxygen atoms in total. The van der Waals surface area contributed by atoms with Gasteiger partial charge in [0.15, 0.2) is 0 Å². The second kappa shape index (κ2) is 6.31. The first kappa shape index (κ1) is 13.5. The molecule has 2 aromatic rings. The number of aliphatic hydroxyl groups excluding tert-OH is 1. The molecule has 0 aliphatic carbocycles. The Balaban J connectivity index is 2.33. The highest BCUT2D eigenvalue weighted by molar-refractivity contribution is 5.36. The van der Waals surface area contributed by atoms with Crippen LogP contribution in [0.4, 0.5) is 0 Å². The Morgan fingerprint density at radius 2 is 1.95 bits per heavy atom. The van der Waals surface area contributed by atoms with Crippen molar-refractivity contribution in [2.24, 2.45) is 5.73 Å². The number of ether oxygens (including phenoxy) is 1. The molecule has 2 atom stereocenters. The van der Waals surface area contributed by atoms with Crippen LogP contribution in [0.25, 0.3) is 0 Å². The summed E-state index contributed by atoms with van der Waals surface area (Å²) < 4.78 is 5.28. The molecule has 0 saturated heterocycles. The highest BCUT2D eigenvalue weighted by Gasteiger charge is 2.24. The first-order chi connectivity index (χ1) is 9.27. The van der Waals surface area contributed by atoms with Crippen molar-refractivity contribution in [1.82, 2.24) is 4.98 Å². The van der Waals surface area contributed by atoms with Crippen LogP contribution < -0.4 is 10.5 Å². The number of aliphatic hydroxyl groups is 1. The summed E-state index contributed by atoms with van der Waals surface area (Å²) in [6.45, 7) is 0.316. The topological polar surface area (TPSA) is 68.4 Å². The van der Waals surface area contributed by atoms with Gasteiger partial charge in [-0.05, 0) is 18.2 Å². The van der Waals surface area contributed by atoms with E-state index >= 15 is 0 Å². The number of benzene rings is 1. The molecule has 2 unspecified atom stereocenters. The average molecular weight is 258 g/mol. The van der Waals surface area contributed by atoms with Crippen molar-refractivity contribution < 1.29 is 9.84 Å². The third-order valence-electron chi connectivity index (χ3n) is 3.16. The number of methoxy groups -OCH3 is 1. The summed E-state index contributed by atoms with van der Waals surface area (Å²) >= 11 is 0. The first-order valence-electron chi connectivity index (χ1n) is 6.20. The lowest BCUT2D eigenvalue weighted by Crippen LogP contribution is -2.21. The number of rotatable bonds is 5. The molecule has 19 heavy (non-hydrogen) atoms. The molecule has 0 spiro atoms. The van der Waals surface area contributed by atoms with Gasteiger partial charge in [-0.25, -0.2) is 0 Å². The molecule has 100 valence electrons. The molecule has 0 aliphatic heterocycles. The Labute approximate surface area is 112 Å². The van der Waals surface area contributed by atoms with Crippen LogP contribution in [-0.2, 0) is 0 Å². The third kappa shape index (κ3) is 2.92. The summed E-state index contributed by atoms with van der Waals surface area (Å²) in [4.78, 5) is 4.27. The van der Waals surface area contributed by atoms with E-state index in [1.54, 1.807) is 13.3 Å². The van der Waals surface area contributed by atoms with Crippen LogP contribution in [0.5, 0.6) is 5.75 Å². The quantitative estimate of drug-likeness (QED) is 0.859. The zero-order chi connectivity index (χ0) is 13.7. The molecule has 2 rings (SSSR count). The Morgan fingerprint density at radius 3 is 2.58 bits per heavy atom. The van der Waals surface area contributed by atoms with E-state index in [1.165, 1.54) is 0 Å². The summed E-state index contributed by atoms with van der Waals surface area (Å²) in [6, 6.07) is 13.0. The van der Waals surface area contributed by atoms with Gasteiger partial charge in [-0.15, -0.1) is 0 Å². The van der Waals surface area contributed by atoms with Gasteiger partial charge < -0.3 is 15.6 Å². The van der Waals surface area contributed by atoms with Gasteiger partial charge in [0.2, 0.25) is 0 Å². The molecule has 1 heterocycles. The summed E-state index contributed by atoms with van der Waals surface area (Å²) in [7, 11) is 1.59. The minimum Gasteiger partial charge on any atom is -0.496 e. The van der Waals surface area contributed by atoms with E-state index < -0.39 is 6.10 Å². The zero-order valence-corrected chi connectivity index (χ0v) is 10.9. The largest absolute Gasteiger partial charge is 0.496 e. The van der Waals surface area contributed by atoms with E-state index in [1.807, 2.05) is 42.5 Å². The number of nitrogens with two attached hydrogens (primary N) is 1. The van der Waals surface area contributed by atoms with Gasteiger partial charge in [0.05, 0.1) is 13.2 Å². The molecule has 0 fully saturated rings. The van der Waals surface area contributed by atoms with E-state index in [0.29, 0.717) is 12.3 Å². The van der Waals surface area contributed by atoms with E-state index in [-0.39, 0.29) is 5.92 Å². The van der Waals surface area contributed by atoms with Crippen molar-refractivity contribution in [2.45, 2.75) is 12.0 Å². The average Bonchev–Trinajstić information content (AvgIpc) is 2.49. The van der Waals surface area contributed by atoms with Crippen LogP contribution in [0.2, 0.25) is 0 Å². The first-order valence-corrected chi connectivity index (χ1v) is 6.20. The fourth-order valence-corrected chi connectivity index (χ4v) is 2.13. The maximum atomic E-state index is 10.5. The molecule has 0 bridgehead atoms. The fraction of sp³-hybridized carbons (Fsp3) is 0.267. The number of pyridine rings is 1. The Bertz CT molecular complexity index is 517. The molecule has 4 heteroatoms. The normalized spacial score (nSPS) is 13.8. The van der Waals surface area contributed by atoms with Gasteiger partial charge in [-0.1, -0.05) is 24.3 Å². The van der Waals surface area contributed by atoms with E-state index in [2.05, 4.69) is 4.98 Å². The number of hydrogen-bond acceptors (Lipinski definition) is 4. The number of para-hydroxylation sites is 1. The standard InChI is InChI=1S/C15H18N2O2/c1-19-14-8-3-2-6-11(14)15(18)12(10-16)13-7-4-5-9-17-13/h2-9,12,15,18H,10,16H2,1H3. The molecule has 0 aliphatic rings. The number of aromatic nitrogens is 1. The predicted octanol–water partition coefficient (Wildman–Crippen LogP) is 1.87. The van der Waals surface area contributed by atoms with Crippen molar-refractivity contribution in [1.29, 1.82) is 0 Å². The van der Waals surface area contributed by atoms with Crippen molar-refractivity contribution in [3.63, 3.8) is 0 Å². The summed E-state index contributed by atoms with van der Waals surface area (Å²) in [5.41, 5.74) is 7.30. The molecule has 1 aromatic carbocycles. The van der Waals surface area contributed by atoms with Crippen LogP contribution in [-0.4, -0.2) is 23.7 Å². The highest BCUT2D eigenvalue weighted by atomic mass is 16.5. The minimum atomic E-state index is -0.740.